The Kier molecular flexibility index (Phi) is 3.99. The highest BCUT2D eigenvalue weighted by Crippen LogP contribution is 2.19. The lowest BCUT2D eigenvalue weighted by Gasteiger charge is -2.29. The molecule has 5 nitrogen and oxygen atoms in total. The van der Waals surface area contributed by atoms with Crippen molar-refractivity contribution in [3.8, 4) is 0 Å². The van der Waals surface area contributed by atoms with Crippen molar-refractivity contribution in [3.63, 3.8) is 0 Å². The van der Waals surface area contributed by atoms with Crippen molar-refractivity contribution in [2.24, 2.45) is 5.41 Å². The van der Waals surface area contributed by atoms with Crippen LogP contribution in [0.25, 0.3) is 11.0 Å². The molecule has 2 N–H and O–H groups in total. The molecule has 0 aliphatic heterocycles. The van der Waals surface area contributed by atoms with Crippen LogP contribution in [0.5, 0.6) is 0 Å². The zero-order valence-corrected chi connectivity index (χ0v) is 11.9. The van der Waals surface area contributed by atoms with E-state index in [0.717, 1.165) is 5.52 Å². The molecule has 1 unspecified atom stereocenters. The highest BCUT2D eigenvalue weighted by molar-refractivity contribution is 5.93. The standard InChI is InChI=1S/C15H19N3O2/c1-15(2,3)13(9-19)18-14(20)12-8-16-10-6-4-5-7-11(10)17-12/h4-8,13,19H,9H2,1-3H3,(H,18,20). The van der Waals surface area contributed by atoms with Crippen LogP contribution in [0.15, 0.2) is 30.5 Å². The summed E-state index contributed by atoms with van der Waals surface area (Å²) >= 11 is 0. The van der Waals surface area contributed by atoms with Crippen LogP contribution in [0.4, 0.5) is 0 Å². The molecule has 106 valence electrons. The summed E-state index contributed by atoms with van der Waals surface area (Å²) in [5.41, 5.74) is 1.45. The highest BCUT2D eigenvalue weighted by atomic mass is 16.3. The van der Waals surface area contributed by atoms with Gasteiger partial charge in [-0.15, -0.1) is 0 Å². The van der Waals surface area contributed by atoms with Crippen LogP contribution in [-0.2, 0) is 0 Å². The predicted molar refractivity (Wildman–Crippen MR) is 77.3 cm³/mol. The number of aromatic nitrogens is 2. The number of aliphatic hydroxyl groups is 1. The molecular weight excluding hydrogens is 254 g/mol. The van der Waals surface area contributed by atoms with Crippen LogP contribution >= 0.6 is 0 Å². The molecule has 5 heteroatoms. The largest absolute Gasteiger partial charge is 0.394 e. The number of rotatable bonds is 3. The van der Waals surface area contributed by atoms with Crippen LogP contribution in [0.1, 0.15) is 31.3 Å². The second-order valence-electron chi connectivity index (χ2n) is 5.82. The summed E-state index contributed by atoms with van der Waals surface area (Å²) in [5, 5.41) is 12.2. The number of aliphatic hydroxyl groups excluding tert-OH is 1. The number of carbonyl (C=O) groups is 1. The first-order valence-corrected chi connectivity index (χ1v) is 6.55. The molecule has 1 atom stereocenters. The Morgan fingerprint density at radius 2 is 1.95 bits per heavy atom. The molecule has 1 aromatic carbocycles. The van der Waals surface area contributed by atoms with Gasteiger partial charge in [-0.2, -0.15) is 0 Å². The normalized spacial score (nSPS) is 13.2. The fourth-order valence-electron chi connectivity index (χ4n) is 1.83. The predicted octanol–water partition coefficient (Wildman–Crippen LogP) is 1.77. The third-order valence-corrected chi connectivity index (χ3v) is 3.21. The van der Waals surface area contributed by atoms with Crippen LogP contribution in [0.3, 0.4) is 0 Å². The molecule has 1 heterocycles. The van der Waals surface area contributed by atoms with Gasteiger partial charge >= 0.3 is 0 Å². The Hall–Kier alpha value is -2.01. The lowest BCUT2D eigenvalue weighted by molar-refractivity contribution is 0.0843. The highest BCUT2D eigenvalue weighted by Gasteiger charge is 2.26. The van der Waals surface area contributed by atoms with Gasteiger partial charge in [0.05, 0.1) is 29.9 Å². The molecule has 2 aromatic rings. The van der Waals surface area contributed by atoms with Gasteiger partial charge in [-0.05, 0) is 17.5 Å². The molecule has 20 heavy (non-hydrogen) atoms. The molecule has 0 saturated heterocycles. The molecule has 0 radical (unpaired) electrons. The Bertz CT molecular complexity index is 620. The van der Waals surface area contributed by atoms with Gasteiger partial charge in [0.15, 0.2) is 0 Å². The van der Waals surface area contributed by atoms with Crippen molar-refractivity contribution in [2.45, 2.75) is 26.8 Å². The van der Waals surface area contributed by atoms with Crippen molar-refractivity contribution >= 4 is 16.9 Å². The Labute approximate surface area is 118 Å². The molecule has 2 rings (SSSR count). The van der Waals surface area contributed by atoms with Crippen molar-refractivity contribution in [3.05, 3.63) is 36.2 Å². The molecule has 1 amide bonds. The molecule has 0 bridgehead atoms. The first-order valence-electron chi connectivity index (χ1n) is 6.55. The zero-order valence-electron chi connectivity index (χ0n) is 11.9. The number of nitrogens with zero attached hydrogens (tertiary/aromatic N) is 2. The zero-order chi connectivity index (χ0) is 14.8. The molecule has 0 spiro atoms. The number of hydrogen-bond acceptors (Lipinski definition) is 4. The van der Waals surface area contributed by atoms with Gasteiger partial charge in [-0.25, -0.2) is 4.98 Å². The number of nitrogens with one attached hydrogen (secondary N) is 1. The number of carbonyl (C=O) groups excluding carboxylic acids is 1. The van der Waals surface area contributed by atoms with E-state index in [1.807, 2.05) is 45.0 Å². The van der Waals surface area contributed by atoms with Crippen LogP contribution in [0.2, 0.25) is 0 Å². The fourth-order valence-corrected chi connectivity index (χ4v) is 1.83. The van der Waals surface area contributed by atoms with Gasteiger partial charge in [0.25, 0.3) is 5.91 Å². The minimum Gasteiger partial charge on any atom is -0.394 e. The maximum Gasteiger partial charge on any atom is 0.271 e. The SMILES string of the molecule is CC(C)(C)C(CO)NC(=O)c1cnc2ccccc2n1. The van der Waals surface area contributed by atoms with Crippen molar-refractivity contribution in [1.82, 2.24) is 15.3 Å². The summed E-state index contributed by atoms with van der Waals surface area (Å²) in [4.78, 5) is 20.7. The van der Waals surface area contributed by atoms with E-state index in [1.165, 1.54) is 6.20 Å². The first-order chi connectivity index (χ1) is 9.41. The van der Waals surface area contributed by atoms with Gasteiger partial charge in [0.2, 0.25) is 0 Å². The quantitative estimate of drug-likeness (QED) is 0.893. The van der Waals surface area contributed by atoms with E-state index in [2.05, 4.69) is 15.3 Å². The second kappa shape index (κ2) is 5.54. The smallest absolute Gasteiger partial charge is 0.271 e. The molecule has 0 aliphatic rings. The molecule has 1 aromatic heterocycles. The number of benzene rings is 1. The third-order valence-electron chi connectivity index (χ3n) is 3.21. The van der Waals surface area contributed by atoms with Gasteiger partial charge in [-0.1, -0.05) is 32.9 Å². The maximum atomic E-state index is 12.2. The lowest BCUT2D eigenvalue weighted by Crippen LogP contribution is -2.46. The fraction of sp³-hybridized carbons (Fsp3) is 0.400. The number of fused-ring (bicyclic) bond motifs is 1. The third kappa shape index (κ3) is 3.11. The lowest BCUT2D eigenvalue weighted by atomic mass is 9.87. The second-order valence-corrected chi connectivity index (χ2v) is 5.82. The summed E-state index contributed by atoms with van der Waals surface area (Å²) in [6.07, 6.45) is 1.45. The van der Waals surface area contributed by atoms with E-state index in [0.29, 0.717) is 5.52 Å². The Morgan fingerprint density at radius 3 is 2.55 bits per heavy atom. The van der Waals surface area contributed by atoms with Crippen molar-refractivity contribution in [1.29, 1.82) is 0 Å². The minimum atomic E-state index is -0.330. The van der Waals surface area contributed by atoms with E-state index in [4.69, 9.17) is 0 Å². The summed E-state index contributed by atoms with van der Waals surface area (Å²) < 4.78 is 0. The van der Waals surface area contributed by atoms with Crippen LogP contribution in [0, 0.1) is 5.41 Å². The Morgan fingerprint density at radius 1 is 1.30 bits per heavy atom. The average molecular weight is 273 g/mol. The molecule has 0 fully saturated rings. The molecular formula is C15H19N3O2. The maximum absolute atomic E-state index is 12.2. The summed E-state index contributed by atoms with van der Waals surface area (Å²) in [6.45, 7) is 5.76. The summed E-state index contributed by atoms with van der Waals surface area (Å²) in [6, 6.07) is 7.05. The van der Waals surface area contributed by atoms with E-state index >= 15 is 0 Å². The van der Waals surface area contributed by atoms with Crippen molar-refractivity contribution < 1.29 is 9.90 Å². The topological polar surface area (TPSA) is 75.1 Å². The summed E-state index contributed by atoms with van der Waals surface area (Å²) in [5.74, 6) is -0.322. The van der Waals surface area contributed by atoms with Gasteiger partial charge in [-0.3, -0.25) is 9.78 Å². The molecule has 0 aliphatic carbocycles. The van der Waals surface area contributed by atoms with E-state index in [9.17, 15) is 9.90 Å². The first kappa shape index (κ1) is 14.4. The van der Waals surface area contributed by atoms with E-state index in [1.54, 1.807) is 0 Å². The van der Waals surface area contributed by atoms with Crippen molar-refractivity contribution in [2.75, 3.05) is 6.61 Å². The molecule has 0 saturated carbocycles. The van der Waals surface area contributed by atoms with Gasteiger partial charge in [0, 0.05) is 0 Å². The average Bonchev–Trinajstić information content (AvgIpc) is 2.42. The van der Waals surface area contributed by atoms with Gasteiger partial charge < -0.3 is 10.4 Å². The van der Waals surface area contributed by atoms with Crippen LogP contribution in [-0.4, -0.2) is 33.6 Å². The van der Waals surface area contributed by atoms with Crippen LogP contribution < -0.4 is 5.32 Å². The van der Waals surface area contributed by atoms with E-state index < -0.39 is 0 Å². The number of amides is 1. The monoisotopic (exact) mass is 273 g/mol. The number of para-hydroxylation sites is 2. The minimum absolute atomic E-state index is 0.115. The van der Waals surface area contributed by atoms with Gasteiger partial charge in [0.1, 0.15) is 5.69 Å². The Balaban J connectivity index is 2.23. The number of hydrogen-bond donors (Lipinski definition) is 2. The summed E-state index contributed by atoms with van der Waals surface area (Å²) in [7, 11) is 0. The van der Waals surface area contributed by atoms with E-state index in [-0.39, 0.29) is 29.7 Å².